The third-order valence-electron chi connectivity index (χ3n) is 3.92. The van der Waals surface area contributed by atoms with Gasteiger partial charge in [0.25, 0.3) is 5.69 Å². The van der Waals surface area contributed by atoms with Crippen LogP contribution in [0.2, 0.25) is 5.02 Å². The molecule has 0 radical (unpaired) electrons. The van der Waals surface area contributed by atoms with E-state index in [4.69, 9.17) is 32.5 Å². The molecule has 28 heavy (non-hydrogen) atoms. The molecule has 0 saturated carbocycles. The number of carbonyl (C=O) groups excluding carboxylic acids is 2. The van der Waals surface area contributed by atoms with Gasteiger partial charge in [-0.1, -0.05) is 11.6 Å². The highest BCUT2D eigenvalue weighted by Gasteiger charge is 2.40. The van der Waals surface area contributed by atoms with Crippen LogP contribution in [0.5, 0.6) is 0 Å². The lowest BCUT2D eigenvalue weighted by atomic mass is 9.82. The number of nitrogens with two attached hydrogens (primary N) is 2. The van der Waals surface area contributed by atoms with Gasteiger partial charge < -0.3 is 26.3 Å². The van der Waals surface area contributed by atoms with Gasteiger partial charge in [0.15, 0.2) is 0 Å². The maximum atomic E-state index is 12.6. The third-order valence-corrected chi connectivity index (χ3v) is 4.26. The molecule has 2 rings (SSSR count). The van der Waals surface area contributed by atoms with E-state index >= 15 is 0 Å². The second kappa shape index (κ2) is 8.61. The molecule has 0 saturated heterocycles. The molecule has 5 N–H and O–H groups in total. The number of nitrogens with zero attached hydrogens (tertiary/aromatic N) is 1. The van der Waals surface area contributed by atoms with Crippen LogP contribution >= 0.6 is 11.6 Å². The van der Waals surface area contributed by atoms with Crippen molar-refractivity contribution in [2.45, 2.75) is 19.8 Å². The molecule has 0 aliphatic carbocycles. The Bertz CT molecular complexity index is 856. The fraction of sp³-hybridized carbons (Fsp3) is 0.294. The first kappa shape index (κ1) is 21.0. The topological polar surface area (TPSA) is 160 Å². The van der Waals surface area contributed by atoms with Gasteiger partial charge in [0.1, 0.15) is 11.6 Å². The summed E-state index contributed by atoms with van der Waals surface area (Å²) in [6.45, 7) is 3.27. The van der Waals surface area contributed by atoms with Crippen molar-refractivity contribution in [2.75, 3.05) is 13.2 Å². The van der Waals surface area contributed by atoms with E-state index in [9.17, 15) is 19.7 Å². The molecular formula is C17H19ClN4O6. The van der Waals surface area contributed by atoms with Gasteiger partial charge >= 0.3 is 11.9 Å². The lowest BCUT2D eigenvalue weighted by molar-refractivity contribution is -0.384. The minimum absolute atomic E-state index is 0.0406. The molecule has 1 aromatic rings. The zero-order valence-corrected chi connectivity index (χ0v) is 15.9. The highest BCUT2D eigenvalue weighted by molar-refractivity contribution is 6.31. The number of hydrogen-bond donors (Lipinski definition) is 3. The molecule has 1 aromatic carbocycles. The highest BCUT2D eigenvalue weighted by atomic mass is 35.5. The van der Waals surface area contributed by atoms with E-state index < -0.39 is 22.8 Å². The Morgan fingerprint density at radius 3 is 2.07 bits per heavy atom. The average Bonchev–Trinajstić information content (AvgIpc) is 2.61. The normalized spacial score (nSPS) is 14.5. The first-order valence-corrected chi connectivity index (χ1v) is 8.65. The monoisotopic (exact) mass is 410 g/mol. The minimum atomic E-state index is -1.22. The summed E-state index contributed by atoms with van der Waals surface area (Å²) >= 11 is 6.25. The fourth-order valence-corrected chi connectivity index (χ4v) is 3.01. The first-order valence-electron chi connectivity index (χ1n) is 8.27. The molecule has 0 unspecified atom stereocenters. The molecule has 0 amide bonds. The van der Waals surface area contributed by atoms with E-state index in [1.165, 1.54) is 12.1 Å². The summed E-state index contributed by atoms with van der Waals surface area (Å²) in [4.78, 5) is 35.7. The van der Waals surface area contributed by atoms with E-state index in [0.717, 1.165) is 6.07 Å². The molecule has 1 aliphatic rings. The number of nitrogens with one attached hydrogen (secondary N) is 1. The van der Waals surface area contributed by atoms with E-state index in [1.54, 1.807) is 13.8 Å². The molecule has 0 spiro atoms. The van der Waals surface area contributed by atoms with E-state index in [1.807, 2.05) is 0 Å². The van der Waals surface area contributed by atoms with Gasteiger partial charge in [-0.15, -0.1) is 0 Å². The Morgan fingerprint density at radius 2 is 1.64 bits per heavy atom. The van der Waals surface area contributed by atoms with Crippen molar-refractivity contribution in [1.82, 2.24) is 5.32 Å². The van der Waals surface area contributed by atoms with Gasteiger partial charge in [0.2, 0.25) is 0 Å². The number of halogens is 1. The van der Waals surface area contributed by atoms with Crippen molar-refractivity contribution in [1.29, 1.82) is 0 Å². The fourth-order valence-electron chi connectivity index (χ4n) is 2.79. The number of benzene rings is 1. The third kappa shape index (κ3) is 4.01. The number of rotatable bonds is 6. The zero-order valence-electron chi connectivity index (χ0n) is 15.2. The van der Waals surface area contributed by atoms with Crippen LogP contribution in [0.25, 0.3) is 0 Å². The van der Waals surface area contributed by atoms with Crippen molar-refractivity contribution in [3.63, 3.8) is 0 Å². The lowest BCUT2D eigenvalue weighted by Crippen LogP contribution is -2.39. The van der Waals surface area contributed by atoms with E-state index in [2.05, 4.69) is 5.32 Å². The second-order valence-corrected chi connectivity index (χ2v) is 6.02. The molecule has 0 aromatic heterocycles. The van der Waals surface area contributed by atoms with Crippen LogP contribution in [-0.2, 0) is 19.1 Å². The van der Waals surface area contributed by atoms with Crippen molar-refractivity contribution < 1.29 is 24.0 Å². The summed E-state index contributed by atoms with van der Waals surface area (Å²) in [7, 11) is 0. The Hall–Kier alpha value is -3.27. The molecular weight excluding hydrogens is 392 g/mol. The summed E-state index contributed by atoms with van der Waals surface area (Å²) in [5.41, 5.74) is 11.4. The Kier molecular flexibility index (Phi) is 6.47. The molecule has 1 aliphatic heterocycles. The average molecular weight is 411 g/mol. The summed E-state index contributed by atoms with van der Waals surface area (Å²) in [5.74, 6) is -3.18. The van der Waals surface area contributed by atoms with Gasteiger partial charge in [-0.3, -0.25) is 10.1 Å². The van der Waals surface area contributed by atoms with Crippen LogP contribution in [0.3, 0.4) is 0 Å². The predicted molar refractivity (Wildman–Crippen MR) is 99.7 cm³/mol. The number of hydrogen-bond acceptors (Lipinski definition) is 9. The van der Waals surface area contributed by atoms with Gasteiger partial charge in [0, 0.05) is 17.2 Å². The Balaban J connectivity index is 2.76. The van der Waals surface area contributed by atoms with Gasteiger partial charge in [0.05, 0.1) is 35.2 Å². The van der Waals surface area contributed by atoms with Gasteiger partial charge in [-0.2, -0.15) is 0 Å². The summed E-state index contributed by atoms with van der Waals surface area (Å²) in [6.07, 6.45) is 0. The molecule has 150 valence electrons. The standard InChI is InChI=1S/C17H19ClN4O6/c1-3-27-16(23)12-11(9-7-8(22(25)26)5-6-10(9)18)13(17(24)28-4-2)15(20)21-14(12)19/h5-7,11,21H,3-4,19-20H2,1-2H3. The molecule has 10 nitrogen and oxygen atoms in total. The van der Waals surface area contributed by atoms with Gasteiger partial charge in [-0.05, 0) is 25.5 Å². The van der Waals surface area contributed by atoms with Crippen molar-refractivity contribution >= 4 is 29.2 Å². The minimum Gasteiger partial charge on any atom is -0.463 e. The predicted octanol–water partition coefficient (Wildman–Crippen LogP) is 1.40. The van der Waals surface area contributed by atoms with Crippen LogP contribution in [0, 0.1) is 10.1 Å². The first-order chi connectivity index (χ1) is 13.2. The smallest absolute Gasteiger partial charge is 0.338 e. The molecule has 0 bridgehead atoms. The summed E-state index contributed by atoms with van der Waals surface area (Å²) in [5, 5.41) is 13.8. The molecule has 1 heterocycles. The quantitative estimate of drug-likeness (QED) is 0.357. The number of ether oxygens (including phenoxy) is 2. The van der Waals surface area contributed by atoms with E-state index in [0.29, 0.717) is 0 Å². The van der Waals surface area contributed by atoms with Crippen LogP contribution in [0.15, 0.2) is 41.0 Å². The molecule has 0 atom stereocenters. The SMILES string of the molecule is CCOC(=O)C1=C(N)NC(N)=C(C(=O)OCC)C1c1cc([N+](=O)[O-])ccc1Cl. The highest BCUT2D eigenvalue weighted by Crippen LogP contribution is 2.41. The van der Waals surface area contributed by atoms with Crippen molar-refractivity contribution in [3.05, 3.63) is 61.7 Å². The zero-order chi connectivity index (χ0) is 21.0. The van der Waals surface area contributed by atoms with Gasteiger partial charge in [-0.25, -0.2) is 9.59 Å². The number of esters is 2. The van der Waals surface area contributed by atoms with Crippen LogP contribution in [0.1, 0.15) is 25.3 Å². The van der Waals surface area contributed by atoms with Crippen molar-refractivity contribution in [3.8, 4) is 0 Å². The summed E-state index contributed by atoms with van der Waals surface area (Å²) in [6, 6.07) is 3.63. The maximum Gasteiger partial charge on any atom is 0.338 e. The Labute approximate surface area is 165 Å². The molecule has 0 fully saturated rings. The maximum absolute atomic E-state index is 12.6. The number of dihydropyridines is 1. The van der Waals surface area contributed by atoms with Crippen LogP contribution in [-0.4, -0.2) is 30.1 Å². The number of nitro benzene ring substituents is 1. The lowest BCUT2D eigenvalue weighted by Gasteiger charge is -2.29. The number of carbonyl (C=O) groups is 2. The number of nitro groups is 1. The largest absolute Gasteiger partial charge is 0.463 e. The number of non-ortho nitro benzene ring substituents is 1. The van der Waals surface area contributed by atoms with Crippen LogP contribution < -0.4 is 16.8 Å². The van der Waals surface area contributed by atoms with Crippen LogP contribution in [0.4, 0.5) is 5.69 Å². The molecule has 11 heteroatoms. The summed E-state index contributed by atoms with van der Waals surface area (Å²) < 4.78 is 10.1. The van der Waals surface area contributed by atoms with E-state index in [-0.39, 0.29) is 52.3 Å². The second-order valence-electron chi connectivity index (χ2n) is 5.62. The Morgan fingerprint density at radius 1 is 1.14 bits per heavy atom. The van der Waals surface area contributed by atoms with Crippen molar-refractivity contribution in [2.24, 2.45) is 11.5 Å².